The van der Waals surface area contributed by atoms with Crippen LogP contribution in [0, 0.1) is 17.5 Å². The number of nitrogens with zero attached hydrogens (tertiary/aromatic N) is 2. The third-order valence-electron chi connectivity index (χ3n) is 6.40. The van der Waals surface area contributed by atoms with E-state index in [2.05, 4.69) is 19.5 Å². The van der Waals surface area contributed by atoms with Gasteiger partial charge in [-0.05, 0) is 32.0 Å². The number of alkyl halides is 6. The fraction of sp³-hybridized carbons (Fsp3) is 0.417. The van der Waals surface area contributed by atoms with E-state index >= 15 is 0 Å². The van der Waals surface area contributed by atoms with Gasteiger partial charge in [0.2, 0.25) is 0 Å². The lowest BCUT2D eigenvalue weighted by Gasteiger charge is -2.36. The Hall–Kier alpha value is -4.05. The summed E-state index contributed by atoms with van der Waals surface area (Å²) >= 11 is 0. The number of ether oxygens (including phenoxy) is 2. The van der Waals surface area contributed by atoms with E-state index in [9.17, 15) is 39.5 Å². The van der Waals surface area contributed by atoms with Crippen LogP contribution < -0.4 is 22.9 Å². The normalized spacial score (nSPS) is 26.5. The fourth-order valence-electron chi connectivity index (χ4n) is 4.45. The van der Waals surface area contributed by atoms with Crippen molar-refractivity contribution in [2.75, 3.05) is 11.5 Å². The summed E-state index contributed by atoms with van der Waals surface area (Å²) in [6.07, 6.45) is -15.2. The Kier molecular flexibility index (Phi) is 8.24. The molecule has 0 aliphatic carbocycles. The van der Waals surface area contributed by atoms with Crippen LogP contribution in [-0.2, 0) is 20.6 Å². The van der Waals surface area contributed by atoms with Crippen LogP contribution in [0.2, 0.25) is 0 Å². The van der Waals surface area contributed by atoms with Crippen molar-refractivity contribution < 1.29 is 49.0 Å². The van der Waals surface area contributed by atoms with Crippen molar-refractivity contribution in [1.29, 1.82) is 0 Å². The van der Waals surface area contributed by atoms with Gasteiger partial charge >= 0.3 is 12.4 Å². The van der Waals surface area contributed by atoms with Crippen LogP contribution in [0.5, 0.6) is 0 Å². The smallest absolute Gasteiger partial charge is 0.425 e. The molecule has 4 atom stereocenters. The third kappa shape index (κ3) is 6.65. The lowest BCUT2D eigenvalue weighted by atomic mass is 9.85. The SMILES string of the molecule is C[C@@]1(c2c(F)ccc(N)c2F)CC(C(F)(F)F)OC(N)=N1.C[C@@]1(c2cccc(N)c2F)CC(C(F)(F)F)OC(N)=N1. The van der Waals surface area contributed by atoms with Crippen LogP contribution in [0.15, 0.2) is 40.3 Å². The molecule has 0 aromatic heterocycles. The number of halogens is 9. The molecule has 2 aliphatic rings. The molecule has 0 radical (unpaired) electrons. The predicted octanol–water partition coefficient (Wildman–Crippen LogP) is 4.72. The van der Waals surface area contributed by atoms with Gasteiger partial charge in [0, 0.05) is 18.4 Å². The molecule has 17 heteroatoms. The van der Waals surface area contributed by atoms with Gasteiger partial charge in [-0.1, -0.05) is 12.1 Å². The number of nitrogens with two attached hydrogens (primary N) is 4. The average Bonchev–Trinajstić information content (AvgIpc) is 2.81. The van der Waals surface area contributed by atoms with Gasteiger partial charge in [0.15, 0.2) is 23.8 Å². The second kappa shape index (κ2) is 10.7. The third-order valence-corrected chi connectivity index (χ3v) is 6.40. The summed E-state index contributed by atoms with van der Waals surface area (Å²) in [5, 5.41) is 0. The molecule has 2 aromatic carbocycles. The Bertz CT molecular complexity index is 1360. The van der Waals surface area contributed by atoms with E-state index in [-0.39, 0.29) is 11.3 Å². The van der Waals surface area contributed by atoms with Crippen molar-refractivity contribution in [3.63, 3.8) is 0 Å². The summed E-state index contributed by atoms with van der Waals surface area (Å²) in [7, 11) is 0. The highest BCUT2D eigenvalue weighted by Gasteiger charge is 2.51. The molecule has 41 heavy (non-hydrogen) atoms. The minimum absolute atomic E-state index is 0.0435. The number of amidine groups is 2. The molecule has 0 saturated heterocycles. The van der Waals surface area contributed by atoms with Gasteiger partial charge in [0.25, 0.3) is 12.0 Å². The van der Waals surface area contributed by atoms with E-state index < -0.39 is 89.2 Å². The number of rotatable bonds is 2. The number of nitrogen functional groups attached to an aromatic ring is 2. The monoisotopic (exact) mass is 600 g/mol. The number of hydrogen-bond acceptors (Lipinski definition) is 8. The molecule has 2 unspecified atom stereocenters. The predicted molar refractivity (Wildman–Crippen MR) is 131 cm³/mol. The zero-order chi connectivity index (χ0) is 31.1. The Balaban J connectivity index is 0.000000226. The first-order valence-corrected chi connectivity index (χ1v) is 11.6. The summed E-state index contributed by atoms with van der Waals surface area (Å²) in [6.45, 7) is 2.50. The molecular formula is C24H25F9N6O2. The van der Waals surface area contributed by atoms with E-state index in [1.807, 2.05) is 0 Å². The van der Waals surface area contributed by atoms with Crippen LogP contribution in [-0.4, -0.2) is 36.6 Å². The maximum atomic E-state index is 14.0. The maximum absolute atomic E-state index is 14.0. The summed E-state index contributed by atoms with van der Waals surface area (Å²) in [5.74, 6) is -3.00. The summed E-state index contributed by atoms with van der Waals surface area (Å²) in [4.78, 5) is 7.47. The standard InChI is InChI=1S/C12H12F5N3O.C12H13F4N3O/c1-11(8-5(13)2-3-6(18)9(8)14)4-7(12(15,16)17)21-10(19)20-11;1-11(6-3-2-4-7(17)9(6)13)5-8(12(14,15)16)20-10(18)19-11/h2-3,7H,4,18H2,1H3,(H2,19,20);2-4,8H,5,17H2,1H3,(H2,18,19)/t7?,11-;8?,11-/m00/s1. The van der Waals surface area contributed by atoms with E-state index in [0.29, 0.717) is 0 Å². The van der Waals surface area contributed by atoms with Crippen LogP contribution in [0.4, 0.5) is 50.9 Å². The van der Waals surface area contributed by atoms with Gasteiger partial charge in [-0.25, -0.2) is 23.2 Å². The Morgan fingerprint density at radius 1 is 0.707 bits per heavy atom. The summed E-state index contributed by atoms with van der Waals surface area (Å²) < 4.78 is 128. The van der Waals surface area contributed by atoms with Gasteiger partial charge in [0.05, 0.1) is 28.0 Å². The summed E-state index contributed by atoms with van der Waals surface area (Å²) in [5.41, 5.74) is 16.7. The van der Waals surface area contributed by atoms with Crippen molar-refractivity contribution >= 4 is 23.4 Å². The van der Waals surface area contributed by atoms with Crippen LogP contribution in [0.3, 0.4) is 0 Å². The minimum atomic E-state index is -4.74. The van der Waals surface area contributed by atoms with E-state index in [1.54, 1.807) is 0 Å². The first kappa shape index (κ1) is 31.5. The Morgan fingerprint density at radius 3 is 1.68 bits per heavy atom. The molecule has 0 bridgehead atoms. The topological polar surface area (TPSA) is 147 Å². The fourth-order valence-corrected chi connectivity index (χ4v) is 4.45. The summed E-state index contributed by atoms with van der Waals surface area (Å²) in [6, 6.07) is 4.53. The molecule has 0 saturated carbocycles. The Labute approximate surface area is 227 Å². The molecule has 0 spiro atoms. The van der Waals surface area contributed by atoms with Gasteiger partial charge in [-0.2, -0.15) is 26.3 Å². The maximum Gasteiger partial charge on any atom is 0.425 e. The number of aliphatic imine (C=N–C) groups is 2. The zero-order valence-corrected chi connectivity index (χ0v) is 21.4. The number of hydrogen-bond donors (Lipinski definition) is 4. The molecular weight excluding hydrogens is 575 g/mol. The molecule has 8 nitrogen and oxygen atoms in total. The van der Waals surface area contributed by atoms with E-state index in [0.717, 1.165) is 19.1 Å². The molecule has 4 rings (SSSR count). The quantitative estimate of drug-likeness (QED) is 0.290. The van der Waals surface area contributed by atoms with E-state index in [4.69, 9.17) is 22.9 Å². The van der Waals surface area contributed by atoms with Gasteiger partial charge in [-0.3, -0.25) is 0 Å². The second-order valence-electron chi connectivity index (χ2n) is 9.69. The number of benzene rings is 2. The largest absolute Gasteiger partial charge is 0.452 e. The number of anilines is 2. The molecule has 0 fully saturated rings. The van der Waals surface area contributed by atoms with Crippen molar-refractivity contribution in [2.45, 2.75) is 62.3 Å². The molecule has 2 aromatic rings. The first-order valence-electron chi connectivity index (χ1n) is 11.6. The molecule has 2 aliphatic heterocycles. The van der Waals surface area contributed by atoms with Crippen molar-refractivity contribution in [1.82, 2.24) is 0 Å². The highest BCUT2D eigenvalue weighted by molar-refractivity contribution is 5.74. The van der Waals surface area contributed by atoms with Gasteiger partial charge in [-0.15, -0.1) is 0 Å². The van der Waals surface area contributed by atoms with Crippen molar-refractivity contribution in [3.8, 4) is 0 Å². The zero-order valence-electron chi connectivity index (χ0n) is 21.4. The lowest BCUT2D eigenvalue weighted by Crippen LogP contribution is -2.46. The van der Waals surface area contributed by atoms with E-state index in [1.165, 1.54) is 25.1 Å². The highest BCUT2D eigenvalue weighted by atomic mass is 19.4. The molecule has 0 amide bonds. The van der Waals surface area contributed by atoms with Gasteiger partial charge < -0.3 is 32.4 Å². The first-order chi connectivity index (χ1) is 18.7. The molecule has 2 heterocycles. The minimum Gasteiger partial charge on any atom is -0.452 e. The van der Waals surface area contributed by atoms with Crippen LogP contribution in [0.25, 0.3) is 0 Å². The molecule has 226 valence electrons. The Morgan fingerprint density at radius 2 is 1.17 bits per heavy atom. The highest BCUT2D eigenvalue weighted by Crippen LogP contribution is 2.43. The second-order valence-corrected chi connectivity index (χ2v) is 9.69. The van der Waals surface area contributed by atoms with Crippen LogP contribution in [0.1, 0.15) is 37.8 Å². The van der Waals surface area contributed by atoms with Crippen LogP contribution >= 0.6 is 0 Å². The lowest BCUT2D eigenvalue weighted by molar-refractivity contribution is -0.208. The molecule has 8 N–H and O–H groups in total. The van der Waals surface area contributed by atoms with Gasteiger partial charge in [0.1, 0.15) is 5.82 Å². The van der Waals surface area contributed by atoms with Crippen molar-refractivity contribution in [3.05, 3.63) is 58.9 Å². The van der Waals surface area contributed by atoms with Crippen molar-refractivity contribution in [2.24, 2.45) is 21.5 Å². The average molecular weight is 600 g/mol.